The van der Waals surface area contributed by atoms with Crippen LogP contribution in [-0.4, -0.2) is 31.4 Å². The van der Waals surface area contributed by atoms with E-state index in [0.29, 0.717) is 5.16 Å². The van der Waals surface area contributed by atoms with Crippen LogP contribution in [0.2, 0.25) is 0 Å². The lowest BCUT2D eigenvalue weighted by molar-refractivity contribution is -0.113. The summed E-state index contributed by atoms with van der Waals surface area (Å²) in [5.41, 5.74) is 4.16. The number of pyridine rings is 1. The smallest absolute Gasteiger partial charge is 0.234 e. The van der Waals surface area contributed by atoms with Gasteiger partial charge in [-0.05, 0) is 67.4 Å². The number of carbonyl (C=O) groups excluding carboxylic acids is 1. The molecule has 4 rings (SSSR count). The van der Waals surface area contributed by atoms with Gasteiger partial charge in [0.25, 0.3) is 0 Å². The van der Waals surface area contributed by atoms with Gasteiger partial charge in [-0.3, -0.25) is 9.78 Å². The summed E-state index contributed by atoms with van der Waals surface area (Å²) in [4.78, 5) is 18.9. The first-order valence-corrected chi connectivity index (χ1v) is 11.9. The number of aromatic nitrogens is 4. The van der Waals surface area contributed by atoms with E-state index >= 15 is 0 Å². The quantitative estimate of drug-likeness (QED) is 0.373. The molecule has 1 amide bonds. The lowest BCUT2D eigenvalue weighted by atomic mass is 10.2. The average molecular weight is 462 g/mol. The normalized spacial score (nSPS) is 10.8. The molecule has 162 valence electrons. The van der Waals surface area contributed by atoms with Crippen molar-refractivity contribution in [3.8, 4) is 11.4 Å². The summed E-state index contributed by atoms with van der Waals surface area (Å²) in [6.45, 7) is 4.21. The highest BCUT2D eigenvalue weighted by Gasteiger charge is 2.13. The van der Waals surface area contributed by atoms with E-state index in [-0.39, 0.29) is 11.7 Å². The summed E-state index contributed by atoms with van der Waals surface area (Å²) < 4.78 is 1.87. The number of nitrogens with one attached hydrogen (secondary N) is 1. The molecule has 0 bridgehead atoms. The maximum Gasteiger partial charge on any atom is 0.234 e. The highest BCUT2D eigenvalue weighted by Crippen LogP contribution is 2.31. The van der Waals surface area contributed by atoms with E-state index in [1.165, 1.54) is 27.8 Å². The standard InChI is InChI=1S/C24H23N5OS2/c1-16-6-7-17(2)21(13-16)32-20-10-8-19(9-11-20)26-22(30)15-31-24-28-27-23(29(24)3)18-5-4-12-25-14-18/h4-14H,15H2,1-3H3,(H,26,30). The largest absolute Gasteiger partial charge is 0.325 e. The van der Waals surface area contributed by atoms with E-state index in [2.05, 4.69) is 52.5 Å². The number of thioether (sulfide) groups is 1. The van der Waals surface area contributed by atoms with Gasteiger partial charge in [-0.2, -0.15) is 0 Å². The summed E-state index contributed by atoms with van der Waals surface area (Å²) in [6, 6.07) is 18.2. The first kappa shape index (κ1) is 22.1. The molecule has 0 atom stereocenters. The van der Waals surface area contributed by atoms with Crippen molar-refractivity contribution in [2.75, 3.05) is 11.1 Å². The first-order valence-electron chi connectivity index (χ1n) is 10.1. The molecule has 0 aliphatic carbocycles. The number of rotatable bonds is 7. The Balaban J connectivity index is 1.33. The Morgan fingerprint density at radius 1 is 1.06 bits per heavy atom. The van der Waals surface area contributed by atoms with Crippen LogP contribution < -0.4 is 5.32 Å². The molecule has 2 aromatic heterocycles. The van der Waals surface area contributed by atoms with Crippen LogP contribution in [0.15, 0.2) is 81.9 Å². The molecule has 2 aromatic carbocycles. The lowest BCUT2D eigenvalue weighted by Crippen LogP contribution is -2.14. The number of hydrogen-bond acceptors (Lipinski definition) is 6. The molecule has 0 radical (unpaired) electrons. The van der Waals surface area contributed by atoms with Crippen molar-refractivity contribution < 1.29 is 4.79 Å². The highest BCUT2D eigenvalue weighted by atomic mass is 32.2. The number of benzene rings is 2. The Morgan fingerprint density at radius 3 is 2.62 bits per heavy atom. The molecule has 0 aliphatic heterocycles. The second-order valence-corrected chi connectivity index (χ2v) is 9.40. The third-order valence-corrected chi connectivity index (χ3v) is 6.98. The predicted octanol–water partition coefficient (Wildman–Crippen LogP) is 5.38. The minimum atomic E-state index is -0.0872. The van der Waals surface area contributed by atoms with Crippen LogP contribution in [0.5, 0.6) is 0 Å². The minimum absolute atomic E-state index is 0.0872. The molecule has 0 aliphatic rings. The summed E-state index contributed by atoms with van der Waals surface area (Å²) in [5, 5.41) is 12.0. The van der Waals surface area contributed by atoms with E-state index in [1.807, 2.05) is 48.0 Å². The molecule has 2 heterocycles. The Hall–Kier alpha value is -3.10. The van der Waals surface area contributed by atoms with Crippen molar-refractivity contribution in [3.05, 3.63) is 78.1 Å². The topological polar surface area (TPSA) is 72.7 Å². The maximum atomic E-state index is 12.4. The molecular weight excluding hydrogens is 438 g/mol. The van der Waals surface area contributed by atoms with Crippen LogP contribution in [0, 0.1) is 13.8 Å². The number of anilines is 1. The SMILES string of the molecule is Cc1ccc(C)c(Sc2ccc(NC(=O)CSc3nnc(-c4cccnc4)n3C)cc2)c1. The van der Waals surface area contributed by atoms with Crippen LogP contribution >= 0.6 is 23.5 Å². The Bertz CT molecular complexity index is 1220. The maximum absolute atomic E-state index is 12.4. The van der Waals surface area contributed by atoms with Crippen LogP contribution in [0.1, 0.15) is 11.1 Å². The van der Waals surface area contributed by atoms with Gasteiger partial charge in [0.1, 0.15) is 0 Å². The monoisotopic (exact) mass is 461 g/mol. The van der Waals surface area contributed by atoms with Crippen LogP contribution in [-0.2, 0) is 11.8 Å². The molecule has 0 unspecified atom stereocenters. The Kier molecular flexibility index (Phi) is 6.92. The van der Waals surface area contributed by atoms with E-state index in [0.717, 1.165) is 22.0 Å². The van der Waals surface area contributed by atoms with E-state index in [9.17, 15) is 4.79 Å². The van der Waals surface area contributed by atoms with Crippen LogP contribution in [0.3, 0.4) is 0 Å². The van der Waals surface area contributed by atoms with E-state index in [1.54, 1.807) is 24.2 Å². The average Bonchev–Trinajstić information content (AvgIpc) is 3.17. The fourth-order valence-corrected chi connectivity index (χ4v) is 4.78. The van der Waals surface area contributed by atoms with Gasteiger partial charge in [0.15, 0.2) is 11.0 Å². The minimum Gasteiger partial charge on any atom is -0.325 e. The molecule has 6 nitrogen and oxygen atoms in total. The van der Waals surface area contributed by atoms with Crippen molar-refractivity contribution in [2.24, 2.45) is 7.05 Å². The number of amides is 1. The Morgan fingerprint density at radius 2 is 1.88 bits per heavy atom. The van der Waals surface area contributed by atoms with Crippen molar-refractivity contribution in [3.63, 3.8) is 0 Å². The summed E-state index contributed by atoms with van der Waals surface area (Å²) >= 11 is 3.08. The van der Waals surface area contributed by atoms with E-state index in [4.69, 9.17) is 0 Å². The molecular formula is C24H23N5OS2. The van der Waals surface area contributed by atoms with Crippen molar-refractivity contribution >= 4 is 35.1 Å². The zero-order valence-electron chi connectivity index (χ0n) is 18.1. The second kappa shape index (κ2) is 10.0. The highest BCUT2D eigenvalue weighted by molar-refractivity contribution is 7.99. The summed E-state index contributed by atoms with van der Waals surface area (Å²) in [5.74, 6) is 0.881. The molecule has 32 heavy (non-hydrogen) atoms. The molecule has 0 saturated carbocycles. The van der Waals surface area contributed by atoms with Gasteiger partial charge < -0.3 is 9.88 Å². The first-order chi connectivity index (χ1) is 15.5. The van der Waals surface area contributed by atoms with Gasteiger partial charge >= 0.3 is 0 Å². The molecule has 0 saturated heterocycles. The van der Waals surface area contributed by atoms with Crippen LogP contribution in [0.4, 0.5) is 5.69 Å². The van der Waals surface area contributed by atoms with Gasteiger partial charge in [0.05, 0.1) is 5.75 Å². The number of aryl methyl sites for hydroxylation is 2. The van der Waals surface area contributed by atoms with Gasteiger partial charge in [0.2, 0.25) is 5.91 Å². The number of hydrogen-bond donors (Lipinski definition) is 1. The fourth-order valence-electron chi connectivity index (χ4n) is 3.06. The zero-order chi connectivity index (χ0) is 22.5. The van der Waals surface area contributed by atoms with Gasteiger partial charge in [-0.1, -0.05) is 35.7 Å². The predicted molar refractivity (Wildman–Crippen MR) is 130 cm³/mol. The summed E-state index contributed by atoms with van der Waals surface area (Å²) in [6.07, 6.45) is 3.46. The van der Waals surface area contributed by atoms with Crippen molar-refractivity contribution in [1.82, 2.24) is 19.7 Å². The second-order valence-electron chi connectivity index (χ2n) is 7.34. The number of nitrogens with zero attached hydrogens (tertiary/aromatic N) is 4. The molecule has 0 fully saturated rings. The molecule has 0 spiro atoms. The van der Waals surface area contributed by atoms with Gasteiger partial charge in [0, 0.05) is 40.5 Å². The summed E-state index contributed by atoms with van der Waals surface area (Å²) in [7, 11) is 1.88. The Labute approximate surface area is 195 Å². The lowest BCUT2D eigenvalue weighted by Gasteiger charge is -2.09. The van der Waals surface area contributed by atoms with Gasteiger partial charge in [-0.25, -0.2) is 0 Å². The molecule has 4 aromatic rings. The third-order valence-electron chi connectivity index (χ3n) is 4.80. The third kappa shape index (κ3) is 5.38. The molecule has 1 N–H and O–H groups in total. The molecule has 8 heteroatoms. The number of carbonyl (C=O) groups is 1. The van der Waals surface area contributed by atoms with Crippen molar-refractivity contribution in [2.45, 2.75) is 28.8 Å². The van der Waals surface area contributed by atoms with Crippen LogP contribution in [0.25, 0.3) is 11.4 Å². The zero-order valence-corrected chi connectivity index (χ0v) is 19.7. The van der Waals surface area contributed by atoms with Gasteiger partial charge in [-0.15, -0.1) is 10.2 Å². The fraction of sp³-hybridized carbons (Fsp3) is 0.167. The van der Waals surface area contributed by atoms with E-state index < -0.39 is 0 Å². The van der Waals surface area contributed by atoms with Crippen molar-refractivity contribution in [1.29, 1.82) is 0 Å².